The molecule has 2 aliphatic heterocycles. The molecule has 0 aromatic heterocycles. The maximum Gasteiger partial charge on any atom is 0.170 e. The summed E-state index contributed by atoms with van der Waals surface area (Å²) >= 11 is 3.49. The molecule has 0 N–H and O–H groups in total. The molecule has 2 aliphatic rings. The molecule has 2 saturated heterocycles. The predicted octanol–water partition coefficient (Wildman–Crippen LogP) is 1.29. The number of rotatable bonds is 0. The Hall–Kier alpha value is 0.400. The van der Waals surface area contributed by atoms with Crippen LogP contribution in [0.15, 0.2) is 0 Å². The van der Waals surface area contributed by atoms with Crippen LogP contribution in [0.4, 0.5) is 0 Å². The van der Waals surface area contributed by atoms with Gasteiger partial charge in [-0.3, -0.25) is 0 Å². The Kier molecular flexibility index (Phi) is 1.51. The van der Waals surface area contributed by atoms with Crippen molar-refractivity contribution in [1.29, 1.82) is 0 Å². The lowest BCUT2D eigenvalue weighted by molar-refractivity contribution is -0.0750. The van der Waals surface area contributed by atoms with Crippen LogP contribution in [0.5, 0.6) is 0 Å². The maximum atomic E-state index is 5.44. The molecule has 3 atom stereocenters. The molecular formula is C6H9BrO2. The first kappa shape index (κ1) is 6.13. The van der Waals surface area contributed by atoms with Gasteiger partial charge in [0.1, 0.15) is 0 Å². The van der Waals surface area contributed by atoms with Crippen LogP contribution in [0, 0.1) is 0 Å². The first-order valence-electron chi connectivity index (χ1n) is 3.27. The molecule has 2 fully saturated rings. The van der Waals surface area contributed by atoms with Crippen molar-refractivity contribution < 1.29 is 9.47 Å². The second-order valence-electron chi connectivity index (χ2n) is 2.55. The van der Waals surface area contributed by atoms with E-state index in [0.29, 0.717) is 10.9 Å². The lowest BCUT2D eigenvalue weighted by Crippen LogP contribution is -2.28. The predicted molar refractivity (Wildman–Crippen MR) is 36.6 cm³/mol. The Morgan fingerprint density at radius 3 is 3.00 bits per heavy atom. The zero-order chi connectivity index (χ0) is 6.27. The fourth-order valence-corrected chi connectivity index (χ4v) is 1.83. The minimum atomic E-state index is 0.0451. The number of hydrogen-bond acceptors (Lipinski definition) is 2. The molecule has 3 heteroatoms. The van der Waals surface area contributed by atoms with E-state index in [9.17, 15) is 0 Å². The number of alkyl halides is 1. The molecular weight excluding hydrogens is 184 g/mol. The second-order valence-corrected chi connectivity index (χ2v) is 3.73. The SMILES string of the molecule is Br[C@@H]1CC[C@@H]2CO[C@H]1O2. The topological polar surface area (TPSA) is 18.5 Å². The fraction of sp³-hybridized carbons (Fsp3) is 1.00. The summed E-state index contributed by atoms with van der Waals surface area (Å²) in [5.74, 6) is 0. The van der Waals surface area contributed by atoms with Crippen molar-refractivity contribution in [2.45, 2.75) is 30.1 Å². The minimum absolute atomic E-state index is 0.0451. The van der Waals surface area contributed by atoms with Crippen LogP contribution in [0.25, 0.3) is 0 Å². The normalized spacial score (nSPS) is 49.7. The zero-order valence-corrected chi connectivity index (χ0v) is 6.63. The van der Waals surface area contributed by atoms with Gasteiger partial charge < -0.3 is 9.47 Å². The van der Waals surface area contributed by atoms with Crippen LogP contribution in [-0.2, 0) is 9.47 Å². The van der Waals surface area contributed by atoms with E-state index in [4.69, 9.17) is 9.47 Å². The summed E-state index contributed by atoms with van der Waals surface area (Å²) in [6.45, 7) is 0.798. The quantitative estimate of drug-likeness (QED) is 0.539. The molecule has 2 heterocycles. The largest absolute Gasteiger partial charge is 0.349 e. The summed E-state index contributed by atoms with van der Waals surface area (Å²) in [6, 6.07) is 0. The van der Waals surface area contributed by atoms with Crippen molar-refractivity contribution in [3.8, 4) is 0 Å². The number of hydrogen-bond donors (Lipinski definition) is 0. The van der Waals surface area contributed by atoms with Crippen molar-refractivity contribution >= 4 is 15.9 Å². The Morgan fingerprint density at radius 2 is 2.22 bits per heavy atom. The molecule has 52 valence electrons. The molecule has 0 aliphatic carbocycles. The van der Waals surface area contributed by atoms with Gasteiger partial charge in [0.2, 0.25) is 0 Å². The molecule has 0 spiro atoms. The van der Waals surface area contributed by atoms with E-state index in [2.05, 4.69) is 15.9 Å². The van der Waals surface area contributed by atoms with Gasteiger partial charge in [-0.1, -0.05) is 15.9 Å². The van der Waals surface area contributed by atoms with Gasteiger partial charge in [-0.15, -0.1) is 0 Å². The van der Waals surface area contributed by atoms with Crippen LogP contribution in [0.3, 0.4) is 0 Å². The number of halogens is 1. The molecule has 2 nitrogen and oxygen atoms in total. The Morgan fingerprint density at radius 1 is 1.33 bits per heavy atom. The third kappa shape index (κ3) is 1.02. The lowest BCUT2D eigenvalue weighted by Gasteiger charge is -2.22. The summed E-state index contributed by atoms with van der Waals surface area (Å²) in [4.78, 5) is 0.427. The number of ether oxygens (including phenoxy) is 2. The second kappa shape index (κ2) is 2.22. The smallest absolute Gasteiger partial charge is 0.170 e. The van der Waals surface area contributed by atoms with Gasteiger partial charge in [-0.05, 0) is 12.8 Å². The van der Waals surface area contributed by atoms with E-state index in [1.165, 1.54) is 6.42 Å². The van der Waals surface area contributed by atoms with Crippen molar-refractivity contribution in [3.05, 3.63) is 0 Å². The van der Waals surface area contributed by atoms with E-state index in [1.807, 2.05) is 0 Å². The molecule has 2 rings (SSSR count). The van der Waals surface area contributed by atoms with E-state index in [-0.39, 0.29) is 6.29 Å². The average Bonchev–Trinajstić information content (AvgIpc) is 2.25. The summed E-state index contributed by atoms with van der Waals surface area (Å²) < 4.78 is 10.8. The third-order valence-corrected chi connectivity index (χ3v) is 2.72. The first-order chi connectivity index (χ1) is 4.36. The molecule has 0 amide bonds. The van der Waals surface area contributed by atoms with Gasteiger partial charge in [-0.25, -0.2) is 0 Å². The van der Waals surface area contributed by atoms with Gasteiger partial charge in [0, 0.05) is 0 Å². The molecule has 0 aromatic rings. The summed E-state index contributed by atoms with van der Waals surface area (Å²) in [5, 5.41) is 0. The summed E-state index contributed by atoms with van der Waals surface area (Å²) in [5.41, 5.74) is 0. The van der Waals surface area contributed by atoms with Gasteiger partial charge in [0.05, 0.1) is 17.5 Å². The van der Waals surface area contributed by atoms with Crippen molar-refractivity contribution in [2.24, 2.45) is 0 Å². The third-order valence-electron chi connectivity index (χ3n) is 1.83. The Balaban J connectivity index is 2.05. The van der Waals surface area contributed by atoms with Gasteiger partial charge in [0.25, 0.3) is 0 Å². The molecule has 0 radical (unpaired) electrons. The summed E-state index contributed by atoms with van der Waals surface area (Å²) in [6.07, 6.45) is 2.77. The monoisotopic (exact) mass is 192 g/mol. The maximum absolute atomic E-state index is 5.44. The fourth-order valence-electron chi connectivity index (χ4n) is 1.29. The van der Waals surface area contributed by atoms with Crippen LogP contribution < -0.4 is 0 Å². The average molecular weight is 193 g/mol. The molecule has 9 heavy (non-hydrogen) atoms. The standard InChI is InChI=1S/C6H9BrO2/c7-5-2-1-4-3-8-6(5)9-4/h4-6H,1-3H2/t4-,5-,6+/m1/s1. The van der Waals surface area contributed by atoms with E-state index < -0.39 is 0 Å². The van der Waals surface area contributed by atoms with Gasteiger partial charge in [-0.2, -0.15) is 0 Å². The molecule has 0 saturated carbocycles. The highest BCUT2D eigenvalue weighted by Gasteiger charge is 2.36. The van der Waals surface area contributed by atoms with E-state index in [1.54, 1.807) is 0 Å². The van der Waals surface area contributed by atoms with Gasteiger partial charge >= 0.3 is 0 Å². The Bertz CT molecular complexity index is 118. The molecule has 2 bridgehead atoms. The van der Waals surface area contributed by atoms with Crippen molar-refractivity contribution in [2.75, 3.05) is 6.61 Å². The number of fused-ring (bicyclic) bond motifs is 2. The minimum Gasteiger partial charge on any atom is -0.349 e. The van der Waals surface area contributed by atoms with Crippen LogP contribution in [0.2, 0.25) is 0 Å². The van der Waals surface area contributed by atoms with Crippen molar-refractivity contribution in [1.82, 2.24) is 0 Å². The first-order valence-corrected chi connectivity index (χ1v) is 4.19. The molecule has 0 unspecified atom stereocenters. The van der Waals surface area contributed by atoms with Crippen LogP contribution >= 0.6 is 15.9 Å². The van der Waals surface area contributed by atoms with Crippen LogP contribution in [0.1, 0.15) is 12.8 Å². The Labute approximate surface area is 62.6 Å². The highest BCUT2D eigenvalue weighted by molar-refractivity contribution is 9.09. The van der Waals surface area contributed by atoms with Crippen molar-refractivity contribution in [3.63, 3.8) is 0 Å². The zero-order valence-electron chi connectivity index (χ0n) is 5.05. The highest BCUT2D eigenvalue weighted by Crippen LogP contribution is 2.31. The molecule has 0 aromatic carbocycles. The summed E-state index contributed by atoms with van der Waals surface area (Å²) in [7, 11) is 0. The highest BCUT2D eigenvalue weighted by atomic mass is 79.9. The van der Waals surface area contributed by atoms with Crippen LogP contribution in [-0.4, -0.2) is 23.8 Å². The van der Waals surface area contributed by atoms with E-state index in [0.717, 1.165) is 13.0 Å². The lowest BCUT2D eigenvalue weighted by atomic mass is 10.1. The van der Waals surface area contributed by atoms with E-state index >= 15 is 0 Å². The van der Waals surface area contributed by atoms with Gasteiger partial charge in [0.15, 0.2) is 6.29 Å².